The summed E-state index contributed by atoms with van der Waals surface area (Å²) in [6, 6.07) is 10.2. The Morgan fingerprint density at radius 3 is 2.67 bits per heavy atom. The number of amides is 1. The number of ether oxygens (including phenoxy) is 2. The van der Waals surface area contributed by atoms with Gasteiger partial charge in [-0.15, -0.1) is 0 Å². The molecule has 8 heteroatoms. The van der Waals surface area contributed by atoms with E-state index < -0.39 is 17.7 Å². The van der Waals surface area contributed by atoms with E-state index in [-0.39, 0.29) is 6.04 Å². The quantitative estimate of drug-likeness (QED) is 0.462. The van der Waals surface area contributed by atoms with Crippen LogP contribution in [0, 0.1) is 0 Å². The van der Waals surface area contributed by atoms with Gasteiger partial charge >= 0.3 is 12.1 Å². The van der Waals surface area contributed by atoms with Gasteiger partial charge in [0.1, 0.15) is 5.60 Å². The number of carbonyl (C=O) groups is 2. The van der Waals surface area contributed by atoms with E-state index in [4.69, 9.17) is 9.47 Å². The third kappa shape index (κ3) is 7.39. The first kappa shape index (κ1) is 24.4. The predicted molar refractivity (Wildman–Crippen MR) is 127 cm³/mol. The highest BCUT2D eigenvalue weighted by Crippen LogP contribution is 2.25. The number of likely N-dealkylation sites (tertiary alicyclic amines) is 1. The van der Waals surface area contributed by atoms with E-state index in [0.29, 0.717) is 24.7 Å². The summed E-state index contributed by atoms with van der Waals surface area (Å²) in [5.74, 6) is -0.0668. The van der Waals surface area contributed by atoms with Crippen molar-refractivity contribution < 1.29 is 19.1 Å². The van der Waals surface area contributed by atoms with E-state index in [1.165, 1.54) is 23.9 Å². The minimum atomic E-state index is -0.646. The summed E-state index contributed by atoms with van der Waals surface area (Å²) in [5.41, 5.74) is 1.04. The molecular weight excluding hydrogens is 420 g/mol. The van der Waals surface area contributed by atoms with E-state index >= 15 is 0 Å². The summed E-state index contributed by atoms with van der Waals surface area (Å²) >= 11 is 0. The molecule has 1 aromatic heterocycles. The summed E-state index contributed by atoms with van der Waals surface area (Å²) in [6.45, 7) is 9.91. The molecule has 1 aliphatic heterocycles. The molecule has 1 saturated heterocycles. The number of esters is 1. The van der Waals surface area contributed by atoms with Crippen LogP contribution in [0.4, 0.5) is 10.6 Å². The highest BCUT2D eigenvalue weighted by molar-refractivity contribution is 5.88. The van der Waals surface area contributed by atoms with Gasteiger partial charge in [0.25, 0.3) is 0 Å². The van der Waals surface area contributed by atoms with Crippen molar-refractivity contribution in [3.8, 4) is 0 Å². The number of benzene rings is 1. The Kier molecular flexibility index (Phi) is 8.16. The lowest BCUT2D eigenvalue weighted by Gasteiger charge is -2.31. The van der Waals surface area contributed by atoms with Crippen molar-refractivity contribution >= 4 is 24.0 Å². The van der Waals surface area contributed by atoms with Crippen molar-refractivity contribution in [1.29, 1.82) is 0 Å². The third-order valence-electron chi connectivity index (χ3n) is 5.02. The van der Waals surface area contributed by atoms with Crippen LogP contribution in [0.2, 0.25) is 0 Å². The molecule has 176 valence electrons. The number of hydrogen-bond donors (Lipinski definition) is 0. The second-order valence-corrected chi connectivity index (χ2v) is 8.90. The summed E-state index contributed by atoms with van der Waals surface area (Å²) in [7, 11) is 0. The number of hydrogen-bond acceptors (Lipinski definition) is 7. The van der Waals surface area contributed by atoms with Crippen LogP contribution < -0.4 is 4.90 Å². The van der Waals surface area contributed by atoms with Crippen LogP contribution >= 0.6 is 0 Å². The minimum Gasteiger partial charge on any atom is -0.463 e. The number of nitrogens with zero attached hydrogens (tertiary/aromatic N) is 4. The van der Waals surface area contributed by atoms with Crippen molar-refractivity contribution in [3.63, 3.8) is 0 Å². The van der Waals surface area contributed by atoms with E-state index in [9.17, 15) is 9.59 Å². The normalized spacial score (nSPS) is 16.7. The summed E-state index contributed by atoms with van der Waals surface area (Å²) < 4.78 is 10.6. The third-order valence-corrected chi connectivity index (χ3v) is 5.02. The van der Waals surface area contributed by atoms with Gasteiger partial charge in [0, 0.05) is 25.7 Å². The number of anilines is 1. The fraction of sp³-hybridized carbons (Fsp3) is 0.440. The molecule has 8 nitrogen and oxygen atoms in total. The first-order valence-electron chi connectivity index (χ1n) is 11.2. The molecule has 1 atom stereocenters. The Morgan fingerprint density at radius 2 is 1.97 bits per heavy atom. The van der Waals surface area contributed by atoms with Gasteiger partial charge < -0.3 is 9.47 Å². The predicted octanol–water partition coefficient (Wildman–Crippen LogP) is 4.07. The molecule has 1 aromatic carbocycles. The zero-order valence-electron chi connectivity index (χ0n) is 19.7. The summed E-state index contributed by atoms with van der Waals surface area (Å²) in [4.78, 5) is 37.5. The fourth-order valence-electron chi connectivity index (χ4n) is 3.66. The summed E-state index contributed by atoms with van der Waals surface area (Å²) in [5, 5.41) is 0. The number of carbonyl (C=O) groups excluding carboxylic acids is 2. The van der Waals surface area contributed by atoms with E-state index in [1.54, 1.807) is 18.0 Å². The maximum atomic E-state index is 13.2. The number of aromatic nitrogens is 2. The lowest BCUT2D eigenvalue weighted by molar-refractivity contribution is -0.137. The lowest BCUT2D eigenvalue weighted by atomic mass is 10.2. The van der Waals surface area contributed by atoms with Crippen LogP contribution in [0.15, 0.2) is 48.8 Å². The van der Waals surface area contributed by atoms with E-state index in [0.717, 1.165) is 19.5 Å². The molecule has 1 aliphatic rings. The van der Waals surface area contributed by atoms with Crippen LogP contribution in [-0.2, 0) is 20.8 Å². The summed E-state index contributed by atoms with van der Waals surface area (Å²) in [6.07, 6.45) is 6.23. The number of rotatable bonds is 7. The van der Waals surface area contributed by atoms with Crippen molar-refractivity contribution in [2.24, 2.45) is 0 Å². The van der Waals surface area contributed by atoms with Crippen molar-refractivity contribution in [2.75, 3.05) is 24.6 Å². The molecule has 0 saturated carbocycles. The Balaban J connectivity index is 1.81. The molecule has 0 bridgehead atoms. The molecule has 2 aromatic rings. The Labute approximate surface area is 195 Å². The highest BCUT2D eigenvalue weighted by atomic mass is 16.6. The average molecular weight is 453 g/mol. The van der Waals surface area contributed by atoms with Crippen LogP contribution in [0.5, 0.6) is 0 Å². The minimum absolute atomic E-state index is 0.109. The van der Waals surface area contributed by atoms with Crippen LogP contribution in [0.3, 0.4) is 0 Å². The van der Waals surface area contributed by atoms with Gasteiger partial charge in [-0.25, -0.2) is 14.6 Å². The molecule has 0 aliphatic carbocycles. The van der Waals surface area contributed by atoms with Crippen molar-refractivity contribution in [1.82, 2.24) is 14.9 Å². The molecule has 0 spiro atoms. The van der Waals surface area contributed by atoms with Gasteiger partial charge in [-0.2, -0.15) is 0 Å². The molecule has 3 rings (SSSR count). The SMILES string of the molecule is CCOC(=O)C=Cc1cncc(N(C(=O)OC(C)(C)C)[C@@H]2CCN(Cc3ccccc3)C2)n1. The first-order chi connectivity index (χ1) is 15.7. The molecule has 1 fully saturated rings. The topological polar surface area (TPSA) is 84.9 Å². The van der Waals surface area contributed by atoms with Crippen molar-refractivity contribution in [3.05, 3.63) is 60.1 Å². The van der Waals surface area contributed by atoms with Crippen LogP contribution in [-0.4, -0.2) is 58.3 Å². The fourth-order valence-corrected chi connectivity index (χ4v) is 3.66. The zero-order valence-corrected chi connectivity index (χ0v) is 19.7. The van der Waals surface area contributed by atoms with Gasteiger partial charge in [0.05, 0.1) is 30.7 Å². The largest absolute Gasteiger partial charge is 0.463 e. The van der Waals surface area contributed by atoms with E-state index in [1.807, 2.05) is 39.0 Å². The first-order valence-corrected chi connectivity index (χ1v) is 11.2. The van der Waals surface area contributed by atoms with Crippen molar-refractivity contribution in [2.45, 2.75) is 52.3 Å². The Hall–Kier alpha value is -3.26. The lowest BCUT2D eigenvalue weighted by Crippen LogP contribution is -2.45. The van der Waals surface area contributed by atoms with Crippen LogP contribution in [0.1, 0.15) is 45.4 Å². The molecule has 0 radical (unpaired) electrons. The molecule has 2 heterocycles. The second-order valence-electron chi connectivity index (χ2n) is 8.90. The molecule has 0 unspecified atom stereocenters. The molecule has 33 heavy (non-hydrogen) atoms. The van der Waals surface area contributed by atoms with Gasteiger partial charge in [-0.1, -0.05) is 30.3 Å². The maximum absolute atomic E-state index is 13.2. The van der Waals surface area contributed by atoms with Gasteiger partial charge in [0.15, 0.2) is 5.82 Å². The Bertz CT molecular complexity index is 972. The standard InChI is InChI=1S/C25H32N4O4/c1-5-32-23(30)12-11-20-15-26-16-22(27-20)29(24(31)33-25(2,3)4)21-13-14-28(18-21)17-19-9-7-6-8-10-19/h6-12,15-16,21H,5,13-14,17-18H2,1-4H3/t21-/m1/s1. The molecule has 1 amide bonds. The second kappa shape index (κ2) is 11.0. The van der Waals surface area contributed by atoms with Gasteiger partial charge in [0.2, 0.25) is 0 Å². The zero-order chi connectivity index (χ0) is 23.8. The maximum Gasteiger partial charge on any atom is 0.416 e. The van der Waals surface area contributed by atoms with Crippen LogP contribution in [0.25, 0.3) is 6.08 Å². The van der Waals surface area contributed by atoms with E-state index in [2.05, 4.69) is 27.0 Å². The Morgan fingerprint density at radius 1 is 1.21 bits per heavy atom. The highest BCUT2D eigenvalue weighted by Gasteiger charge is 2.35. The average Bonchev–Trinajstić information content (AvgIpc) is 3.20. The molecular formula is C25H32N4O4. The van der Waals surface area contributed by atoms with Gasteiger partial charge in [-0.3, -0.25) is 14.8 Å². The molecule has 0 N–H and O–H groups in total. The van der Waals surface area contributed by atoms with Gasteiger partial charge in [-0.05, 0) is 45.8 Å². The monoisotopic (exact) mass is 452 g/mol. The smallest absolute Gasteiger partial charge is 0.416 e.